The first kappa shape index (κ1) is 75.3. The number of aromatic nitrogens is 12. The molecule has 0 bridgehead atoms. The molecule has 0 radical (unpaired) electrons. The number of para-hydroxylation sites is 8. The second kappa shape index (κ2) is 27.9. The molecule has 0 saturated carbocycles. The minimum atomic E-state index is 0.976. The van der Waals surface area contributed by atoms with Crippen LogP contribution in [0.5, 0.6) is 0 Å². The summed E-state index contributed by atoms with van der Waals surface area (Å²) in [5, 5.41) is 14.7. The van der Waals surface area contributed by atoms with E-state index in [2.05, 4.69) is 353 Å². The first-order valence-electron chi connectivity index (χ1n) is 48.7. The molecule has 8 aliphatic rings. The minimum Gasteiger partial charge on any atom is -0.290 e. The van der Waals surface area contributed by atoms with Crippen LogP contribution in [-0.2, 0) is 51.4 Å². The fourth-order valence-electron chi connectivity index (χ4n) is 26.4. The highest BCUT2D eigenvalue weighted by molar-refractivity contribution is 6.21. The predicted molar refractivity (Wildman–Crippen MR) is 568 cm³/mol. The maximum Gasteiger partial charge on any atom is 0.146 e. The van der Waals surface area contributed by atoms with Crippen molar-refractivity contribution in [3.63, 3.8) is 0 Å². The Balaban J connectivity index is 0.0000000829. The molecule has 8 aliphatic carbocycles. The highest BCUT2D eigenvalue weighted by Gasteiger charge is 2.36. The normalized spacial score (nSPS) is 13.5. The van der Waals surface area contributed by atoms with E-state index in [9.17, 15) is 0 Å². The third kappa shape index (κ3) is 10.4. The fraction of sp³-hybridized carbons (Fsp3) is 0.0625. The van der Waals surface area contributed by atoms with Gasteiger partial charge in [0.05, 0.1) is 91.0 Å². The van der Waals surface area contributed by atoms with Crippen LogP contribution in [0.1, 0.15) is 89.0 Å². The Morgan fingerprint density at radius 3 is 0.886 bits per heavy atom. The van der Waals surface area contributed by atoms with Gasteiger partial charge in [0, 0.05) is 67.9 Å². The number of benzene rings is 16. The van der Waals surface area contributed by atoms with Crippen LogP contribution in [0, 0.1) is 0 Å². The number of hydrogen-bond acceptors (Lipinski definition) is 8. The van der Waals surface area contributed by atoms with Crippen LogP contribution in [0.3, 0.4) is 0 Å². The van der Waals surface area contributed by atoms with E-state index in [0.29, 0.717) is 0 Å². The smallest absolute Gasteiger partial charge is 0.146 e. The van der Waals surface area contributed by atoms with Crippen LogP contribution in [-0.4, -0.2) is 57.5 Å². The fourth-order valence-corrected chi connectivity index (χ4v) is 26.4. The summed E-state index contributed by atoms with van der Waals surface area (Å²) in [6.07, 6.45) is 23.5. The van der Waals surface area contributed by atoms with Gasteiger partial charge in [-0.25, -0.2) is 19.9 Å². The third-order valence-corrected chi connectivity index (χ3v) is 32.4. The first-order chi connectivity index (χ1) is 69.4. The van der Waals surface area contributed by atoms with Gasteiger partial charge in [-0.05, 0) is 378 Å². The van der Waals surface area contributed by atoms with Crippen LogP contribution >= 0.6 is 0 Å². The standard InChI is InChI=1S/4C32H19N3/c1-2-6-22-18(5-1)11-19-12-20-13-21-14-27-23-9-10-33-17-31(23)35-30-8-4-3-7-29(30)34-32(35)28(27)16-26(21)25(20)15-24(19)22;1-2-6-21-18(5-1)14-26-22(21)10-9-19-13-20-15-25-23-11-12-33-17-30(23)35-29-8-4-3-7-28(29)34-32(35)27(25)16-24(20)31(19)26;1-2-6-20-18(5-1)13-25-21(20)9-10-22-24-16-28-27(15-19(24)14-26(22)25)23-11-12-33-17-31(23)35-30-8-4-3-7-29(30)34-32(28)35;1-2-6-22-18(5-1)13-19-9-10-20-14-21-15-25-23-11-12-33-17-29(23)35-28-8-4-3-7-27(28)34-32(35)26(25)16-24(21)31(20)30(19)22/h1-10,12,14-17H,11,13H2;3*1-12,15-17H,13-14H2. The molecule has 12 aromatic heterocycles. The summed E-state index contributed by atoms with van der Waals surface area (Å²) >= 11 is 0. The van der Waals surface area contributed by atoms with Gasteiger partial charge in [-0.3, -0.25) is 37.5 Å². The van der Waals surface area contributed by atoms with Crippen molar-refractivity contribution < 1.29 is 0 Å². The number of fused-ring (bicyclic) bond motifs is 59. The summed E-state index contributed by atoms with van der Waals surface area (Å²) in [5.41, 5.74) is 62.4. The van der Waals surface area contributed by atoms with Gasteiger partial charge in [-0.2, -0.15) is 0 Å². The number of pyridine rings is 8. The summed E-state index contributed by atoms with van der Waals surface area (Å²) in [5.74, 6) is 0. The predicted octanol–water partition coefficient (Wildman–Crippen LogP) is 29.3. The van der Waals surface area contributed by atoms with Gasteiger partial charge in [0.25, 0.3) is 0 Å². The van der Waals surface area contributed by atoms with Crippen molar-refractivity contribution in [3.8, 4) is 89.0 Å². The molecular weight excluding hydrogens is 1710 g/mol. The number of nitrogens with zero attached hydrogens (tertiary/aromatic N) is 12. The minimum absolute atomic E-state index is 0.976. The van der Waals surface area contributed by atoms with Crippen molar-refractivity contribution in [1.82, 2.24) is 57.5 Å². The maximum absolute atomic E-state index is 5.12. The first-order valence-corrected chi connectivity index (χ1v) is 48.7. The van der Waals surface area contributed by atoms with Crippen molar-refractivity contribution in [2.75, 3.05) is 0 Å². The van der Waals surface area contributed by atoms with E-state index >= 15 is 0 Å². The van der Waals surface area contributed by atoms with Crippen molar-refractivity contribution in [2.24, 2.45) is 0 Å². The zero-order chi connectivity index (χ0) is 90.7. The monoisotopic (exact) mass is 1780 g/mol. The Hall–Kier alpha value is -18.0. The Kier molecular flexibility index (Phi) is 15.0. The molecule has 0 saturated heterocycles. The van der Waals surface area contributed by atoms with Crippen LogP contribution in [0.2, 0.25) is 0 Å². The SMILES string of the molecule is c1ccc2c(c1)Cc1c-2ccc2c1-c1cc3c(cc1C2)c1ccncc1n1c2ccccc2nc31.c1ccc2c(c1)Cc1c-2ccc2c1Cc1cc3c4ccncc4n4c5ccccc5nc4c3cc1-2.c1ccc2c(c1)Cc1cc3c(cc1-2)-c1cc2c(cc1C3)c1ccncc1n1c3ccccc3nc21.c1ccc2c(c1)Cc1ccc3c(c1-2)-c1cc2c(cc1C3)c1ccncc1n1c3ccccc3nc21. The van der Waals surface area contributed by atoms with Crippen LogP contribution in [0.25, 0.3) is 242 Å². The van der Waals surface area contributed by atoms with Gasteiger partial charge in [0.15, 0.2) is 0 Å². The van der Waals surface area contributed by atoms with Gasteiger partial charge in [-0.15, -0.1) is 0 Å². The maximum atomic E-state index is 5.12. The summed E-state index contributed by atoms with van der Waals surface area (Å²) in [7, 11) is 0. The second-order valence-corrected chi connectivity index (χ2v) is 39.4. The Labute approximate surface area is 799 Å². The molecular formula is C128H76N12. The molecule has 12 nitrogen and oxygen atoms in total. The lowest BCUT2D eigenvalue weighted by Gasteiger charge is -2.13. The summed E-state index contributed by atoms with van der Waals surface area (Å²) in [6.45, 7) is 0. The highest BCUT2D eigenvalue weighted by atomic mass is 15.1. The summed E-state index contributed by atoms with van der Waals surface area (Å²) in [4.78, 5) is 38.3. The summed E-state index contributed by atoms with van der Waals surface area (Å²) in [6, 6.07) is 116. The zero-order valence-electron chi connectivity index (χ0n) is 75.7. The lowest BCUT2D eigenvalue weighted by Crippen LogP contribution is -1.94. The number of imidazole rings is 4. The molecule has 28 aromatic rings. The molecule has 0 aliphatic heterocycles. The van der Waals surface area contributed by atoms with Gasteiger partial charge in [0.1, 0.15) is 22.6 Å². The second-order valence-electron chi connectivity index (χ2n) is 39.4. The molecule has 140 heavy (non-hydrogen) atoms. The van der Waals surface area contributed by atoms with E-state index < -0.39 is 0 Å². The molecule has 0 amide bonds. The van der Waals surface area contributed by atoms with Crippen LogP contribution in [0.4, 0.5) is 0 Å². The van der Waals surface area contributed by atoms with E-state index in [0.717, 1.165) is 140 Å². The van der Waals surface area contributed by atoms with Crippen LogP contribution < -0.4 is 0 Å². The van der Waals surface area contributed by atoms with Crippen molar-refractivity contribution >= 4 is 153 Å². The average Bonchev–Trinajstić information content (AvgIpc) is 1.55. The molecule has 0 fully saturated rings. The van der Waals surface area contributed by atoms with Gasteiger partial charge < -0.3 is 0 Å². The Morgan fingerprint density at radius 2 is 0.429 bits per heavy atom. The lowest BCUT2D eigenvalue weighted by molar-refractivity contribution is 1.16. The molecule has 16 aromatic carbocycles. The van der Waals surface area contributed by atoms with Crippen molar-refractivity contribution in [3.05, 3.63) is 454 Å². The van der Waals surface area contributed by atoms with Crippen LogP contribution in [0.15, 0.2) is 365 Å². The topological polar surface area (TPSA) is 121 Å². The third-order valence-electron chi connectivity index (χ3n) is 32.4. The quantitative estimate of drug-likeness (QED) is 0.138. The van der Waals surface area contributed by atoms with E-state index in [1.54, 1.807) is 0 Å². The molecule has 36 rings (SSSR count). The van der Waals surface area contributed by atoms with Gasteiger partial charge in [-0.1, -0.05) is 188 Å². The van der Waals surface area contributed by atoms with Crippen molar-refractivity contribution in [2.45, 2.75) is 51.4 Å². The summed E-state index contributed by atoms with van der Waals surface area (Å²) < 4.78 is 9.13. The molecule has 0 unspecified atom stereocenters. The average molecular weight is 1780 g/mol. The Bertz CT molecular complexity index is 10600. The van der Waals surface area contributed by atoms with Crippen molar-refractivity contribution in [1.29, 1.82) is 0 Å². The van der Waals surface area contributed by atoms with Gasteiger partial charge in [0.2, 0.25) is 0 Å². The van der Waals surface area contributed by atoms with E-state index in [4.69, 9.17) is 19.9 Å². The molecule has 12 heteroatoms. The van der Waals surface area contributed by atoms with E-state index in [1.807, 2.05) is 49.6 Å². The molecule has 0 spiro atoms. The van der Waals surface area contributed by atoms with Gasteiger partial charge >= 0.3 is 0 Å². The molecule has 0 atom stereocenters. The number of rotatable bonds is 0. The molecule has 648 valence electrons. The lowest BCUT2D eigenvalue weighted by atomic mass is 9.92. The Morgan fingerprint density at radius 1 is 0.157 bits per heavy atom. The molecule has 0 N–H and O–H groups in total. The van der Waals surface area contributed by atoms with E-state index in [1.165, 1.54) is 243 Å². The number of hydrogen-bond donors (Lipinski definition) is 0. The zero-order valence-corrected chi connectivity index (χ0v) is 75.7. The largest absolute Gasteiger partial charge is 0.290 e. The molecule has 12 heterocycles. The highest BCUT2D eigenvalue weighted by Crippen LogP contribution is 2.56. The van der Waals surface area contributed by atoms with E-state index in [-0.39, 0.29) is 0 Å².